The quantitative estimate of drug-likeness (QED) is 0.361. The number of para-hydroxylation sites is 1. The van der Waals surface area contributed by atoms with Crippen molar-refractivity contribution in [2.75, 3.05) is 24.3 Å². The van der Waals surface area contributed by atoms with Gasteiger partial charge in [0.2, 0.25) is 5.95 Å². The maximum atomic E-state index is 12.5. The molecule has 1 aromatic carbocycles. The number of hydrogen-bond acceptors (Lipinski definition) is 7. The van der Waals surface area contributed by atoms with Crippen LogP contribution in [-0.4, -0.2) is 41.8 Å². The van der Waals surface area contributed by atoms with E-state index in [0.717, 1.165) is 0 Å². The predicted octanol–water partition coefficient (Wildman–Crippen LogP) is 2.22. The molecule has 0 atom stereocenters. The number of thiocarbonyl (C=S) groups is 1. The van der Waals surface area contributed by atoms with Crippen LogP contribution in [0.15, 0.2) is 35.6 Å². The number of halogens is 3. The summed E-state index contributed by atoms with van der Waals surface area (Å²) < 4.78 is 41.6. The van der Waals surface area contributed by atoms with E-state index in [0.29, 0.717) is 16.9 Å². The molecule has 1 aromatic heterocycles. The lowest BCUT2D eigenvalue weighted by molar-refractivity contribution is -0.274. The van der Waals surface area contributed by atoms with Crippen LogP contribution < -0.4 is 26.1 Å². The zero-order valence-electron chi connectivity index (χ0n) is 15.0. The van der Waals surface area contributed by atoms with Crippen molar-refractivity contribution in [1.29, 1.82) is 0 Å². The topological polar surface area (TPSA) is 101 Å². The predicted molar refractivity (Wildman–Crippen MR) is 104 cm³/mol. The van der Waals surface area contributed by atoms with Gasteiger partial charge in [0.05, 0.1) is 11.8 Å². The van der Waals surface area contributed by atoms with Gasteiger partial charge in [-0.05, 0) is 18.3 Å². The van der Waals surface area contributed by atoms with Crippen LogP contribution in [0.25, 0.3) is 0 Å². The lowest BCUT2D eigenvalue weighted by Gasteiger charge is -2.16. The normalized spacial score (nSPS) is 11.3. The number of alkyl halides is 3. The van der Waals surface area contributed by atoms with Crippen LogP contribution in [0, 0.1) is 0 Å². The van der Waals surface area contributed by atoms with Crippen LogP contribution in [0.1, 0.15) is 11.1 Å². The number of rotatable bonds is 7. The summed E-state index contributed by atoms with van der Waals surface area (Å²) in [7, 11) is 3.55. The fraction of sp³-hybridized carbons (Fsp3) is 0.250. The highest BCUT2D eigenvalue weighted by molar-refractivity contribution is 7.80. The van der Waals surface area contributed by atoms with Gasteiger partial charge >= 0.3 is 6.36 Å². The molecule has 12 heteroatoms. The van der Waals surface area contributed by atoms with Crippen LogP contribution >= 0.6 is 12.2 Å². The SMILES string of the molecule is CN(C)c1nc(NCc2ccccc2OC(F)(F)F)ncc1C=NNC(N)=S. The summed E-state index contributed by atoms with van der Waals surface area (Å²) in [6, 6.07) is 5.83. The number of ether oxygens (including phenoxy) is 1. The maximum Gasteiger partial charge on any atom is 0.573 e. The standard InChI is InChI=1S/C16H18F3N7OS/c1-26(2)13-11(9-23-25-14(20)28)8-22-15(24-13)21-7-10-5-3-4-6-12(10)27-16(17,18)19/h3-6,8-9H,7H2,1-2H3,(H3,20,25,28)(H,21,22,24). The average molecular weight is 413 g/mol. The Morgan fingerprint density at radius 1 is 1.36 bits per heavy atom. The second-order valence-electron chi connectivity index (χ2n) is 5.61. The average Bonchev–Trinajstić information content (AvgIpc) is 2.60. The van der Waals surface area contributed by atoms with E-state index < -0.39 is 6.36 Å². The number of hydrazone groups is 1. The van der Waals surface area contributed by atoms with E-state index in [1.54, 1.807) is 25.1 Å². The zero-order chi connectivity index (χ0) is 20.7. The lowest BCUT2D eigenvalue weighted by atomic mass is 10.2. The molecule has 0 radical (unpaired) electrons. The molecule has 4 N–H and O–H groups in total. The molecule has 0 amide bonds. The van der Waals surface area contributed by atoms with Gasteiger partial charge in [-0.25, -0.2) is 4.98 Å². The molecule has 2 aromatic rings. The van der Waals surface area contributed by atoms with Gasteiger partial charge in [0.25, 0.3) is 0 Å². The molecular weight excluding hydrogens is 395 g/mol. The number of nitrogens with one attached hydrogen (secondary N) is 2. The summed E-state index contributed by atoms with van der Waals surface area (Å²) >= 11 is 4.66. The first-order valence-corrected chi connectivity index (χ1v) is 8.27. The largest absolute Gasteiger partial charge is 0.573 e. The highest BCUT2D eigenvalue weighted by atomic mass is 32.1. The number of aromatic nitrogens is 2. The van der Waals surface area contributed by atoms with E-state index in [-0.39, 0.29) is 23.4 Å². The Morgan fingerprint density at radius 2 is 2.07 bits per heavy atom. The van der Waals surface area contributed by atoms with Gasteiger partial charge in [0, 0.05) is 32.4 Å². The lowest BCUT2D eigenvalue weighted by Crippen LogP contribution is -2.24. The summed E-state index contributed by atoms with van der Waals surface area (Å²) in [5.41, 5.74) is 8.62. The third kappa shape index (κ3) is 6.54. The first-order valence-electron chi connectivity index (χ1n) is 7.86. The van der Waals surface area contributed by atoms with Gasteiger partial charge in [0.15, 0.2) is 5.11 Å². The molecular formula is C16H18F3N7OS. The monoisotopic (exact) mass is 413 g/mol. The van der Waals surface area contributed by atoms with Gasteiger partial charge in [0.1, 0.15) is 11.6 Å². The molecule has 0 aliphatic heterocycles. The van der Waals surface area contributed by atoms with Crippen molar-refractivity contribution in [2.24, 2.45) is 10.8 Å². The van der Waals surface area contributed by atoms with Crippen molar-refractivity contribution in [3.63, 3.8) is 0 Å². The molecule has 0 saturated heterocycles. The molecule has 0 aliphatic carbocycles. The van der Waals surface area contributed by atoms with Gasteiger partial charge in [-0.1, -0.05) is 18.2 Å². The Labute approximate surface area is 164 Å². The highest BCUT2D eigenvalue weighted by Crippen LogP contribution is 2.26. The summed E-state index contributed by atoms with van der Waals surface area (Å²) in [6.45, 7) is 0.0373. The highest BCUT2D eigenvalue weighted by Gasteiger charge is 2.31. The van der Waals surface area contributed by atoms with Crippen molar-refractivity contribution in [1.82, 2.24) is 15.4 Å². The van der Waals surface area contributed by atoms with Crippen LogP contribution in [0.3, 0.4) is 0 Å². The molecule has 0 aliphatic rings. The van der Waals surface area contributed by atoms with Gasteiger partial charge in [-0.15, -0.1) is 13.2 Å². The maximum absolute atomic E-state index is 12.5. The van der Waals surface area contributed by atoms with Crippen molar-refractivity contribution in [3.8, 4) is 5.75 Å². The Bertz CT molecular complexity index is 858. The number of nitrogens with two attached hydrogens (primary N) is 1. The molecule has 0 unspecified atom stereocenters. The van der Waals surface area contributed by atoms with E-state index in [4.69, 9.17) is 5.73 Å². The van der Waals surface area contributed by atoms with Crippen LogP contribution in [0.4, 0.5) is 24.9 Å². The molecule has 150 valence electrons. The summed E-state index contributed by atoms with van der Waals surface area (Å²) in [5, 5.41) is 6.76. The first-order chi connectivity index (χ1) is 13.2. The van der Waals surface area contributed by atoms with Crippen LogP contribution in [0.2, 0.25) is 0 Å². The molecule has 0 spiro atoms. The Balaban J connectivity index is 2.16. The van der Waals surface area contributed by atoms with E-state index in [9.17, 15) is 13.2 Å². The second-order valence-corrected chi connectivity index (χ2v) is 6.05. The fourth-order valence-corrected chi connectivity index (χ4v) is 2.18. The third-order valence-corrected chi connectivity index (χ3v) is 3.32. The number of anilines is 2. The molecule has 2 rings (SSSR count). The minimum atomic E-state index is -4.77. The molecule has 0 bridgehead atoms. The summed E-state index contributed by atoms with van der Waals surface area (Å²) in [4.78, 5) is 10.2. The Kier molecular flexibility index (Phi) is 6.93. The smallest absolute Gasteiger partial charge is 0.405 e. The fourth-order valence-electron chi connectivity index (χ4n) is 2.13. The van der Waals surface area contributed by atoms with Crippen molar-refractivity contribution in [3.05, 3.63) is 41.6 Å². The number of hydrogen-bond donors (Lipinski definition) is 3. The minimum absolute atomic E-state index is 0.0154. The second kappa shape index (κ2) is 9.17. The summed E-state index contributed by atoms with van der Waals surface area (Å²) in [6.07, 6.45) is -1.82. The van der Waals surface area contributed by atoms with Crippen molar-refractivity contribution >= 4 is 35.3 Å². The number of benzene rings is 1. The van der Waals surface area contributed by atoms with E-state index in [1.807, 2.05) is 0 Å². The Morgan fingerprint density at radius 3 is 2.71 bits per heavy atom. The summed E-state index contributed by atoms with van der Waals surface area (Å²) in [5.74, 6) is 0.471. The minimum Gasteiger partial charge on any atom is -0.405 e. The molecule has 1 heterocycles. The van der Waals surface area contributed by atoms with Crippen LogP contribution in [-0.2, 0) is 6.54 Å². The molecule has 8 nitrogen and oxygen atoms in total. The Hall–Kier alpha value is -3.15. The number of nitrogens with zero attached hydrogens (tertiary/aromatic N) is 4. The first kappa shape index (κ1) is 21.2. The van der Waals surface area contributed by atoms with Gasteiger partial charge in [-0.2, -0.15) is 10.1 Å². The third-order valence-electron chi connectivity index (χ3n) is 3.23. The molecule has 0 fully saturated rings. The van der Waals surface area contributed by atoms with Gasteiger partial charge in [-0.3, -0.25) is 5.43 Å². The van der Waals surface area contributed by atoms with Crippen LogP contribution in [0.5, 0.6) is 5.75 Å². The zero-order valence-corrected chi connectivity index (χ0v) is 15.8. The molecule has 28 heavy (non-hydrogen) atoms. The molecule has 0 saturated carbocycles. The van der Waals surface area contributed by atoms with Crippen molar-refractivity contribution < 1.29 is 17.9 Å². The van der Waals surface area contributed by atoms with Gasteiger partial charge < -0.3 is 20.7 Å². The van der Waals surface area contributed by atoms with Crippen molar-refractivity contribution in [2.45, 2.75) is 12.9 Å². The van der Waals surface area contributed by atoms with E-state index in [2.05, 4.69) is 42.8 Å². The van der Waals surface area contributed by atoms with E-state index in [1.165, 1.54) is 30.6 Å². The van der Waals surface area contributed by atoms with E-state index >= 15 is 0 Å².